The number of aromatic amines is 1. The monoisotopic (exact) mass is 451 g/mol. The van der Waals surface area contributed by atoms with Crippen molar-refractivity contribution in [1.29, 1.82) is 0 Å². The van der Waals surface area contributed by atoms with Crippen molar-refractivity contribution in [2.24, 2.45) is 0 Å². The smallest absolute Gasteiger partial charge is 0.407 e. The zero-order valence-corrected chi connectivity index (χ0v) is 18.6. The summed E-state index contributed by atoms with van der Waals surface area (Å²) in [4.78, 5) is 15.2. The standard InChI is InChI=1S/C27H21N3O2S/c31-27(29-15-5-6-19-11-13-20(14-12-19)30-17-16-28-26(30)33)32-18-25-23-9-3-1-7-21(23)22-8-2-4-10-24(22)25/h1-4,7-14,16-17,25H,15,18H2,(H,28,33)(H,29,31). The summed E-state index contributed by atoms with van der Waals surface area (Å²) in [6.45, 7) is 0.498. The van der Waals surface area contributed by atoms with Gasteiger partial charge in [0.05, 0.1) is 6.54 Å². The number of ether oxygens (including phenoxy) is 1. The Morgan fingerprint density at radius 3 is 2.30 bits per heavy atom. The lowest BCUT2D eigenvalue weighted by atomic mass is 9.98. The number of carbonyl (C=O) groups excluding carboxylic acids is 1. The number of H-pyrrole nitrogens is 1. The number of nitrogens with one attached hydrogen (secondary N) is 2. The second kappa shape index (κ2) is 9.19. The third-order valence-corrected chi connectivity index (χ3v) is 6.01. The molecule has 0 unspecified atom stereocenters. The van der Waals surface area contributed by atoms with Crippen LogP contribution in [0.2, 0.25) is 0 Å². The number of hydrogen-bond donors (Lipinski definition) is 2. The summed E-state index contributed by atoms with van der Waals surface area (Å²) in [7, 11) is 0. The molecule has 5 nitrogen and oxygen atoms in total. The fraction of sp³-hybridized carbons (Fsp3) is 0.111. The number of nitrogens with zero attached hydrogens (tertiary/aromatic N) is 1. The van der Waals surface area contributed by atoms with Crippen molar-refractivity contribution in [3.05, 3.63) is 107 Å². The van der Waals surface area contributed by atoms with Crippen molar-refractivity contribution in [1.82, 2.24) is 14.9 Å². The molecule has 33 heavy (non-hydrogen) atoms. The minimum Gasteiger partial charge on any atom is -0.449 e. The molecule has 0 fully saturated rings. The first kappa shape index (κ1) is 20.8. The number of fused-ring (bicyclic) bond motifs is 3. The molecule has 0 spiro atoms. The third kappa shape index (κ3) is 4.32. The summed E-state index contributed by atoms with van der Waals surface area (Å²) >= 11 is 5.23. The first-order chi connectivity index (χ1) is 16.2. The molecule has 3 aromatic carbocycles. The van der Waals surface area contributed by atoms with Crippen LogP contribution in [0.4, 0.5) is 4.79 Å². The summed E-state index contributed by atoms with van der Waals surface area (Å²) < 4.78 is 8.05. The van der Waals surface area contributed by atoms with E-state index in [2.05, 4.69) is 46.4 Å². The van der Waals surface area contributed by atoms with E-state index in [1.807, 2.05) is 59.3 Å². The molecule has 162 valence electrons. The Morgan fingerprint density at radius 1 is 1.00 bits per heavy atom. The molecule has 1 amide bonds. The van der Waals surface area contributed by atoms with Gasteiger partial charge in [-0.2, -0.15) is 0 Å². The molecule has 0 bridgehead atoms. The van der Waals surface area contributed by atoms with Crippen LogP contribution in [-0.2, 0) is 4.74 Å². The van der Waals surface area contributed by atoms with Crippen LogP contribution in [0.3, 0.4) is 0 Å². The number of hydrogen-bond acceptors (Lipinski definition) is 3. The van der Waals surface area contributed by atoms with Crippen LogP contribution in [0.25, 0.3) is 16.8 Å². The second-order valence-electron chi connectivity index (χ2n) is 7.66. The average Bonchev–Trinajstić information content (AvgIpc) is 3.42. The SMILES string of the molecule is O=C(NCC#Cc1ccc(-n2cc[nH]c2=S)cc1)OCC1c2ccccc2-c2ccccc21. The maximum atomic E-state index is 12.2. The Balaban J connectivity index is 1.16. The second-order valence-corrected chi connectivity index (χ2v) is 8.05. The van der Waals surface area contributed by atoms with Crippen molar-refractivity contribution >= 4 is 18.3 Å². The van der Waals surface area contributed by atoms with E-state index >= 15 is 0 Å². The van der Waals surface area contributed by atoms with Crippen molar-refractivity contribution in [2.45, 2.75) is 5.92 Å². The van der Waals surface area contributed by atoms with E-state index in [0.717, 1.165) is 11.3 Å². The lowest BCUT2D eigenvalue weighted by molar-refractivity contribution is 0.144. The highest BCUT2D eigenvalue weighted by Crippen LogP contribution is 2.44. The largest absolute Gasteiger partial charge is 0.449 e. The minimum absolute atomic E-state index is 0.0429. The first-order valence-electron chi connectivity index (χ1n) is 10.6. The molecule has 6 heteroatoms. The van der Waals surface area contributed by atoms with Crippen LogP contribution in [0.1, 0.15) is 22.6 Å². The Kier molecular flexibility index (Phi) is 5.79. The molecule has 1 aliphatic carbocycles. The zero-order chi connectivity index (χ0) is 22.6. The van der Waals surface area contributed by atoms with Gasteiger partial charge in [0, 0.05) is 29.6 Å². The number of amides is 1. The molecule has 1 aliphatic rings. The number of benzene rings is 3. The van der Waals surface area contributed by atoms with Crippen LogP contribution in [0, 0.1) is 16.6 Å². The maximum Gasteiger partial charge on any atom is 0.407 e. The summed E-state index contributed by atoms with van der Waals surface area (Å²) in [5, 5.41) is 2.71. The average molecular weight is 452 g/mol. The van der Waals surface area contributed by atoms with Gasteiger partial charge in [-0.1, -0.05) is 60.4 Å². The van der Waals surface area contributed by atoms with E-state index in [1.54, 1.807) is 6.20 Å². The van der Waals surface area contributed by atoms with E-state index in [1.165, 1.54) is 22.3 Å². The zero-order valence-electron chi connectivity index (χ0n) is 17.7. The maximum absolute atomic E-state index is 12.2. The molecular formula is C27H21N3O2S. The molecule has 0 saturated carbocycles. The van der Waals surface area contributed by atoms with Crippen molar-refractivity contribution < 1.29 is 9.53 Å². The minimum atomic E-state index is -0.469. The summed E-state index contributed by atoms with van der Waals surface area (Å²) in [5.41, 5.74) is 6.61. The van der Waals surface area contributed by atoms with E-state index in [-0.39, 0.29) is 19.1 Å². The Bertz CT molecular complexity index is 1380. The van der Waals surface area contributed by atoms with Crippen LogP contribution in [0.15, 0.2) is 85.2 Å². The molecule has 5 rings (SSSR count). The van der Waals surface area contributed by atoms with E-state index in [9.17, 15) is 4.79 Å². The molecule has 0 saturated heterocycles. The van der Waals surface area contributed by atoms with Gasteiger partial charge in [-0.05, 0) is 58.7 Å². The lowest BCUT2D eigenvalue weighted by Crippen LogP contribution is -2.26. The quantitative estimate of drug-likeness (QED) is 0.322. The predicted octanol–water partition coefficient (Wildman–Crippen LogP) is 5.43. The highest BCUT2D eigenvalue weighted by molar-refractivity contribution is 7.71. The van der Waals surface area contributed by atoms with Gasteiger partial charge in [0.15, 0.2) is 4.77 Å². The van der Waals surface area contributed by atoms with Gasteiger partial charge in [0.25, 0.3) is 0 Å². The summed E-state index contributed by atoms with van der Waals surface area (Å²) in [5.74, 6) is 6.05. The molecule has 4 aromatic rings. The topological polar surface area (TPSA) is 59.0 Å². The van der Waals surface area contributed by atoms with Crippen molar-refractivity contribution in [3.8, 4) is 28.7 Å². The van der Waals surface area contributed by atoms with Gasteiger partial charge >= 0.3 is 6.09 Å². The number of alkyl carbamates (subject to hydrolysis) is 1. The predicted molar refractivity (Wildman–Crippen MR) is 131 cm³/mol. The van der Waals surface area contributed by atoms with Gasteiger partial charge in [0.2, 0.25) is 0 Å². The first-order valence-corrected chi connectivity index (χ1v) is 11.1. The molecule has 0 aliphatic heterocycles. The van der Waals surface area contributed by atoms with Gasteiger partial charge in [-0.25, -0.2) is 4.79 Å². The highest BCUT2D eigenvalue weighted by atomic mass is 32.1. The molecular weight excluding hydrogens is 430 g/mol. The van der Waals surface area contributed by atoms with E-state index < -0.39 is 6.09 Å². The van der Waals surface area contributed by atoms with Gasteiger partial charge in [0.1, 0.15) is 6.61 Å². The van der Waals surface area contributed by atoms with E-state index in [0.29, 0.717) is 4.77 Å². The van der Waals surface area contributed by atoms with Crippen LogP contribution >= 0.6 is 12.2 Å². The Labute approximate surface area is 197 Å². The van der Waals surface area contributed by atoms with Gasteiger partial charge in [-0.3, -0.25) is 4.57 Å². The van der Waals surface area contributed by atoms with Crippen LogP contribution < -0.4 is 5.32 Å². The number of rotatable bonds is 4. The fourth-order valence-corrected chi connectivity index (χ4v) is 4.38. The third-order valence-electron chi connectivity index (χ3n) is 5.69. The summed E-state index contributed by atoms with van der Waals surface area (Å²) in [6.07, 6.45) is 3.20. The van der Waals surface area contributed by atoms with Gasteiger partial charge in [-0.15, -0.1) is 0 Å². The number of imidazole rings is 1. The molecule has 1 aromatic heterocycles. The van der Waals surface area contributed by atoms with Crippen molar-refractivity contribution in [2.75, 3.05) is 13.2 Å². The number of aromatic nitrogens is 2. The van der Waals surface area contributed by atoms with Crippen LogP contribution in [-0.4, -0.2) is 28.8 Å². The summed E-state index contributed by atoms with van der Waals surface area (Å²) in [6, 6.07) is 24.3. The van der Waals surface area contributed by atoms with E-state index in [4.69, 9.17) is 17.0 Å². The molecule has 0 radical (unpaired) electrons. The molecule has 1 heterocycles. The Hall–Kier alpha value is -4.08. The molecule has 0 atom stereocenters. The van der Waals surface area contributed by atoms with Crippen molar-refractivity contribution in [3.63, 3.8) is 0 Å². The lowest BCUT2D eigenvalue weighted by Gasteiger charge is -2.14. The number of carbonyl (C=O) groups is 1. The van der Waals surface area contributed by atoms with Crippen LogP contribution in [0.5, 0.6) is 0 Å². The normalized spacial score (nSPS) is 11.8. The Morgan fingerprint density at radius 2 is 1.67 bits per heavy atom. The van der Waals surface area contributed by atoms with Gasteiger partial charge < -0.3 is 15.0 Å². The fourth-order valence-electron chi connectivity index (χ4n) is 4.14. The highest BCUT2D eigenvalue weighted by Gasteiger charge is 2.28. The molecule has 2 N–H and O–H groups in total.